The molecule has 0 unspecified atom stereocenters. The minimum atomic E-state index is 0.483. The molecule has 2 aromatic rings. The summed E-state index contributed by atoms with van der Waals surface area (Å²) >= 11 is 0. The molecular weight excluding hydrogens is 268 g/mol. The van der Waals surface area contributed by atoms with Crippen LogP contribution in [0.4, 0.5) is 17.3 Å². The maximum absolute atomic E-state index is 5.92. The van der Waals surface area contributed by atoms with Gasteiger partial charge in [0.2, 0.25) is 0 Å². The first-order valence-corrected chi connectivity index (χ1v) is 6.71. The summed E-state index contributed by atoms with van der Waals surface area (Å²) < 4.78 is 10.6. The van der Waals surface area contributed by atoms with Crippen molar-refractivity contribution in [3.63, 3.8) is 0 Å². The molecule has 112 valence electrons. The number of rotatable bonds is 5. The van der Waals surface area contributed by atoms with Gasteiger partial charge < -0.3 is 20.5 Å². The third-order valence-corrected chi connectivity index (χ3v) is 3.21. The molecule has 2 rings (SSSR count). The summed E-state index contributed by atoms with van der Waals surface area (Å²) in [7, 11) is 3.23. The van der Waals surface area contributed by atoms with Gasteiger partial charge in [0.15, 0.2) is 0 Å². The molecule has 0 spiro atoms. The van der Waals surface area contributed by atoms with Gasteiger partial charge in [-0.25, -0.2) is 9.97 Å². The Morgan fingerprint density at radius 3 is 2.57 bits per heavy atom. The Hall–Kier alpha value is -2.50. The number of hydrogen-bond donors (Lipinski definition) is 2. The van der Waals surface area contributed by atoms with Crippen molar-refractivity contribution < 1.29 is 9.47 Å². The van der Waals surface area contributed by atoms with Crippen molar-refractivity contribution in [2.75, 3.05) is 25.3 Å². The van der Waals surface area contributed by atoms with Crippen molar-refractivity contribution in [2.24, 2.45) is 0 Å². The smallest absolute Gasteiger partial charge is 0.146 e. The molecule has 3 N–H and O–H groups in total. The van der Waals surface area contributed by atoms with Crippen LogP contribution in [0.25, 0.3) is 0 Å². The fraction of sp³-hybridized carbons (Fsp3) is 0.333. The topological polar surface area (TPSA) is 82.3 Å². The molecule has 0 atom stereocenters. The van der Waals surface area contributed by atoms with E-state index < -0.39 is 0 Å². The van der Waals surface area contributed by atoms with Crippen molar-refractivity contribution in [2.45, 2.75) is 20.3 Å². The molecular formula is C15H20N4O2. The lowest BCUT2D eigenvalue weighted by Crippen LogP contribution is -2.07. The molecule has 1 aromatic carbocycles. The highest BCUT2D eigenvalue weighted by atomic mass is 16.5. The molecule has 6 heteroatoms. The van der Waals surface area contributed by atoms with E-state index >= 15 is 0 Å². The summed E-state index contributed by atoms with van der Waals surface area (Å²) in [5, 5.41) is 3.25. The second-order valence-corrected chi connectivity index (χ2v) is 4.54. The van der Waals surface area contributed by atoms with E-state index in [-0.39, 0.29) is 0 Å². The van der Waals surface area contributed by atoms with Crippen LogP contribution in [0, 0.1) is 6.92 Å². The number of nitrogens with one attached hydrogen (secondary N) is 1. The van der Waals surface area contributed by atoms with Crippen molar-refractivity contribution >= 4 is 17.3 Å². The van der Waals surface area contributed by atoms with E-state index in [1.807, 2.05) is 32.0 Å². The molecule has 6 nitrogen and oxygen atoms in total. The Morgan fingerprint density at radius 1 is 1.19 bits per heavy atom. The highest BCUT2D eigenvalue weighted by Gasteiger charge is 2.11. The summed E-state index contributed by atoms with van der Waals surface area (Å²) in [6.07, 6.45) is 0.721. The molecule has 1 heterocycles. The maximum Gasteiger partial charge on any atom is 0.146 e. The monoisotopic (exact) mass is 288 g/mol. The summed E-state index contributed by atoms with van der Waals surface area (Å²) in [5.74, 6) is 3.27. The number of methoxy groups -OCH3 is 2. The number of aryl methyl sites for hydroxylation is 1. The summed E-state index contributed by atoms with van der Waals surface area (Å²) in [5.41, 5.74) is 7.53. The van der Waals surface area contributed by atoms with E-state index in [4.69, 9.17) is 15.2 Å². The van der Waals surface area contributed by atoms with E-state index in [1.165, 1.54) is 0 Å². The minimum absolute atomic E-state index is 0.483. The van der Waals surface area contributed by atoms with Crippen molar-refractivity contribution in [1.29, 1.82) is 0 Å². The zero-order valence-electron chi connectivity index (χ0n) is 12.7. The van der Waals surface area contributed by atoms with Crippen LogP contribution >= 0.6 is 0 Å². The Balaban J connectivity index is 2.40. The SMILES string of the molecule is CCc1nc(N)c(C)c(Nc2ccc(OC)cc2OC)n1. The lowest BCUT2D eigenvalue weighted by molar-refractivity contribution is 0.395. The molecule has 21 heavy (non-hydrogen) atoms. The van der Waals surface area contributed by atoms with Gasteiger partial charge >= 0.3 is 0 Å². The normalized spacial score (nSPS) is 10.3. The fourth-order valence-corrected chi connectivity index (χ4v) is 1.89. The second-order valence-electron chi connectivity index (χ2n) is 4.54. The largest absolute Gasteiger partial charge is 0.497 e. The molecule has 0 bridgehead atoms. The van der Waals surface area contributed by atoms with Gasteiger partial charge in [0.1, 0.15) is 29.0 Å². The number of nitrogens with two attached hydrogens (primary N) is 1. The first-order valence-electron chi connectivity index (χ1n) is 6.71. The van der Waals surface area contributed by atoms with Crippen LogP contribution in [-0.4, -0.2) is 24.2 Å². The number of aromatic nitrogens is 2. The van der Waals surface area contributed by atoms with Crippen LogP contribution < -0.4 is 20.5 Å². The average Bonchev–Trinajstić information content (AvgIpc) is 2.51. The van der Waals surface area contributed by atoms with Crippen LogP contribution in [-0.2, 0) is 6.42 Å². The third kappa shape index (κ3) is 3.16. The van der Waals surface area contributed by atoms with Crippen LogP contribution in [0.2, 0.25) is 0 Å². The van der Waals surface area contributed by atoms with Gasteiger partial charge in [-0.05, 0) is 19.1 Å². The van der Waals surface area contributed by atoms with Gasteiger partial charge in [0.05, 0.1) is 19.9 Å². The highest BCUT2D eigenvalue weighted by molar-refractivity contribution is 5.69. The van der Waals surface area contributed by atoms with Crippen molar-refractivity contribution in [1.82, 2.24) is 9.97 Å². The quantitative estimate of drug-likeness (QED) is 0.880. The summed E-state index contributed by atoms with van der Waals surface area (Å²) in [6.45, 7) is 3.87. The standard InChI is InChI=1S/C15H20N4O2/c1-5-13-18-14(16)9(2)15(19-13)17-11-7-6-10(20-3)8-12(11)21-4/h6-8H,5H2,1-4H3,(H3,16,17,18,19). The van der Waals surface area contributed by atoms with Gasteiger partial charge in [-0.15, -0.1) is 0 Å². The number of anilines is 3. The van der Waals surface area contributed by atoms with Gasteiger partial charge in [0, 0.05) is 18.1 Å². The minimum Gasteiger partial charge on any atom is -0.497 e. The highest BCUT2D eigenvalue weighted by Crippen LogP contribution is 2.32. The van der Waals surface area contributed by atoms with Crippen LogP contribution in [0.15, 0.2) is 18.2 Å². The van der Waals surface area contributed by atoms with Crippen molar-refractivity contribution in [3.8, 4) is 11.5 Å². The third-order valence-electron chi connectivity index (χ3n) is 3.21. The lowest BCUT2D eigenvalue weighted by Gasteiger charge is -2.14. The summed E-state index contributed by atoms with van der Waals surface area (Å²) in [6, 6.07) is 5.54. The number of nitrogen functional groups attached to an aromatic ring is 1. The zero-order valence-corrected chi connectivity index (χ0v) is 12.7. The molecule has 0 aliphatic heterocycles. The zero-order chi connectivity index (χ0) is 15.4. The molecule has 0 radical (unpaired) electrons. The van der Waals surface area contributed by atoms with Crippen LogP contribution in [0.3, 0.4) is 0 Å². The van der Waals surface area contributed by atoms with E-state index in [1.54, 1.807) is 14.2 Å². The first kappa shape index (κ1) is 14.9. The molecule has 0 aliphatic rings. The molecule has 0 saturated carbocycles. The molecule has 0 amide bonds. The van der Waals surface area contributed by atoms with Gasteiger partial charge in [-0.3, -0.25) is 0 Å². The number of ether oxygens (including phenoxy) is 2. The predicted molar refractivity (Wildman–Crippen MR) is 83.4 cm³/mol. The number of benzene rings is 1. The Bertz CT molecular complexity index is 644. The maximum atomic E-state index is 5.92. The van der Waals surface area contributed by atoms with Crippen LogP contribution in [0.1, 0.15) is 18.3 Å². The average molecular weight is 288 g/mol. The predicted octanol–water partition coefficient (Wildman–Crippen LogP) is 2.69. The first-order chi connectivity index (χ1) is 10.1. The van der Waals surface area contributed by atoms with Gasteiger partial charge in [-0.2, -0.15) is 0 Å². The van der Waals surface area contributed by atoms with Gasteiger partial charge in [-0.1, -0.05) is 6.92 Å². The van der Waals surface area contributed by atoms with Gasteiger partial charge in [0.25, 0.3) is 0 Å². The van der Waals surface area contributed by atoms with Crippen molar-refractivity contribution in [3.05, 3.63) is 29.6 Å². The van der Waals surface area contributed by atoms with E-state index in [9.17, 15) is 0 Å². The molecule has 1 aromatic heterocycles. The fourth-order valence-electron chi connectivity index (χ4n) is 1.89. The van der Waals surface area contributed by atoms with E-state index in [2.05, 4.69) is 15.3 Å². The second kappa shape index (κ2) is 6.30. The van der Waals surface area contributed by atoms with Crippen LogP contribution in [0.5, 0.6) is 11.5 Å². The Labute approximate surface area is 124 Å². The van der Waals surface area contributed by atoms with E-state index in [0.717, 1.165) is 23.4 Å². The summed E-state index contributed by atoms with van der Waals surface area (Å²) in [4.78, 5) is 8.71. The number of hydrogen-bond acceptors (Lipinski definition) is 6. The lowest BCUT2D eigenvalue weighted by atomic mass is 10.2. The van der Waals surface area contributed by atoms with E-state index in [0.29, 0.717) is 23.2 Å². The molecule has 0 aliphatic carbocycles. The molecule has 0 fully saturated rings. The Morgan fingerprint density at radius 2 is 1.95 bits per heavy atom. The number of nitrogens with zero attached hydrogens (tertiary/aromatic N) is 2. The molecule has 0 saturated heterocycles. The Kier molecular flexibility index (Phi) is 4.47.